The minimum atomic E-state index is -1.27. The number of hydrogen-bond acceptors (Lipinski definition) is 8. The van der Waals surface area contributed by atoms with Crippen LogP contribution in [0.25, 0.3) is 0 Å². The normalized spacial score (nSPS) is 62.8. The summed E-state index contributed by atoms with van der Waals surface area (Å²) in [7, 11) is 0. The van der Waals surface area contributed by atoms with E-state index in [-0.39, 0.29) is 57.9 Å². The average Bonchev–Trinajstić information content (AvgIpc) is 3.46. The van der Waals surface area contributed by atoms with Crippen LogP contribution in [0.4, 0.5) is 0 Å². The molecular weight excluding hydrogens is 548 g/mol. The molecule has 3 heterocycles. The highest BCUT2D eigenvalue weighted by atomic mass is 16.8. The smallest absolute Gasteiger partial charge is 0.199 e. The van der Waals surface area contributed by atoms with Gasteiger partial charge >= 0.3 is 0 Å². The lowest BCUT2D eigenvalue weighted by Gasteiger charge is -2.63. The van der Waals surface area contributed by atoms with Crippen LogP contribution in [0.15, 0.2) is 12.2 Å². The molecular formula is C35H54O8. The molecule has 5 saturated carbocycles. The summed E-state index contributed by atoms with van der Waals surface area (Å²) in [5.41, 5.74) is 0.877. The van der Waals surface area contributed by atoms with Crippen LogP contribution in [-0.2, 0) is 18.9 Å². The molecule has 0 aromatic carbocycles. The Morgan fingerprint density at radius 1 is 0.884 bits per heavy atom. The third-order valence-electron chi connectivity index (χ3n) is 15.7. The van der Waals surface area contributed by atoms with Crippen LogP contribution in [0.1, 0.15) is 92.9 Å². The van der Waals surface area contributed by atoms with E-state index in [1.165, 1.54) is 12.8 Å². The molecule has 8 fully saturated rings. The van der Waals surface area contributed by atoms with Crippen LogP contribution in [0, 0.1) is 50.7 Å². The predicted octanol–water partition coefficient (Wildman–Crippen LogP) is 3.93. The molecule has 8 nitrogen and oxygen atoms in total. The molecule has 0 amide bonds. The van der Waals surface area contributed by atoms with Gasteiger partial charge in [-0.15, -0.1) is 0 Å². The number of fused-ring (bicyclic) bond motifs is 4. The first kappa shape index (κ1) is 29.8. The lowest BCUT2D eigenvalue weighted by atomic mass is 9.41. The minimum absolute atomic E-state index is 0.0326. The fraction of sp³-hybridized carbons (Fsp3) is 0.943. The number of aliphatic hydroxyl groups excluding tert-OH is 4. The van der Waals surface area contributed by atoms with Crippen molar-refractivity contribution in [2.24, 2.45) is 50.7 Å². The van der Waals surface area contributed by atoms with Crippen LogP contribution in [0.5, 0.6) is 0 Å². The zero-order valence-electron chi connectivity index (χ0n) is 26.9. The number of ether oxygens (including phenoxy) is 4. The van der Waals surface area contributed by atoms with Crippen molar-refractivity contribution >= 4 is 0 Å². The summed E-state index contributed by atoms with van der Waals surface area (Å²) in [6, 6.07) is 0. The molecule has 3 aliphatic heterocycles. The zero-order chi connectivity index (χ0) is 30.7. The van der Waals surface area contributed by atoms with Gasteiger partial charge in [-0.05, 0) is 103 Å². The SMILES string of the molecule is C=C(C)[C@H]1O[C@]23OC1C[C@@H](C)[C@@H]2[C@@]1(C)CC[C@]24C[C@]25CC[C@H](O[C@H]2OC[C@H](O)[C@@H](O)[C@@H]2O)C(C)(C)[C@@H]5CC[C@H]4[C@]1(C)[C@H]3O. The molecule has 3 spiro atoms. The van der Waals surface area contributed by atoms with Crippen molar-refractivity contribution < 1.29 is 39.4 Å². The summed E-state index contributed by atoms with van der Waals surface area (Å²) < 4.78 is 25.9. The molecule has 4 N–H and O–H groups in total. The van der Waals surface area contributed by atoms with Crippen LogP contribution >= 0.6 is 0 Å². The maximum atomic E-state index is 12.6. The van der Waals surface area contributed by atoms with E-state index in [1.54, 1.807) is 0 Å². The molecule has 0 radical (unpaired) electrons. The van der Waals surface area contributed by atoms with Gasteiger partial charge < -0.3 is 39.4 Å². The second-order valence-electron chi connectivity index (χ2n) is 17.5. The second-order valence-corrected chi connectivity index (χ2v) is 17.5. The standard InChI is InChI=1S/C35H54O8/c1-17(2)26-20-14-18(3)27-31(6)12-13-34-16-33(34)11-10-23(41-28-25(38)24(37)19(36)15-40-28)30(4,5)21(33)8-9-22(34)32(31,7)29(39)35(27,42-20)43-26/h18-29,36-39H,1,8-16H2,2-7H3/t18-,19+,20?,21+,22+,23+,24-,25+,26-,27-,28-,29-,31-,32-,33+,34-,35-/m1/s1. The lowest BCUT2D eigenvalue weighted by Crippen LogP contribution is -2.61. The average molecular weight is 603 g/mol. The van der Waals surface area contributed by atoms with Gasteiger partial charge in [0.2, 0.25) is 0 Å². The Morgan fingerprint density at radius 2 is 1.58 bits per heavy atom. The highest BCUT2D eigenvalue weighted by Crippen LogP contribution is 2.90. The Bertz CT molecular complexity index is 1210. The highest BCUT2D eigenvalue weighted by Gasteiger charge is 2.88. The van der Waals surface area contributed by atoms with Crippen molar-refractivity contribution in [2.75, 3.05) is 6.61 Å². The van der Waals surface area contributed by atoms with Gasteiger partial charge in [0.05, 0.1) is 18.8 Å². The molecule has 0 aromatic heterocycles. The zero-order valence-corrected chi connectivity index (χ0v) is 26.9. The van der Waals surface area contributed by atoms with Gasteiger partial charge in [0, 0.05) is 11.3 Å². The molecule has 8 rings (SSSR count). The highest BCUT2D eigenvalue weighted by molar-refractivity contribution is 5.34. The monoisotopic (exact) mass is 602 g/mol. The van der Waals surface area contributed by atoms with Crippen molar-refractivity contribution in [3.63, 3.8) is 0 Å². The predicted molar refractivity (Wildman–Crippen MR) is 157 cm³/mol. The fourth-order valence-electron chi connectivity index (χ4n) is 13.8. The topological polar surface area (TPSA) is 118 Å². The Balaban J connectivity index is 1.10. The van der Waals surface area contributed by atoms with Crippen LogP contribution in [0.3, 0.4) is 0 Å². The second kappa shape index (κ2) is 8.85. The Morgan fingerprint density at radius 3 is 2.30 bits per heavy atom. The lowest BCUT2D eigenvalue weighted by molar-refractivity contribution is -0.303. The Labute approximate surface area is 256 Å². The number of aliphatic hydroxyl groups is 4. The fourth-order valence-corrected chi connectivity index (χ4v) is 13.8. The van der Waals surface area contributed by atoms with Crippen LogP contribution in [0.2, 0.25) is 0 Å². The van der Waals surface area contributed by atoms with Gasteiger partial charge in [-0.2, -0.15) is 0 Å². The molecule has 1 unspecified atom stereocenters. The summed E-state index contributed by atoms with van der Waals surface area (Å²) in [4.78, 5) is 0. The van der Waals surface area contributed by atoms with E-state index >= 15 is 0 Å². The largest absolute Gasteiger partial charge is 0.388 e. The van der Waals surface area contributed by atoms with E-state index in [0.717, 1.165) is 44.1 Å². The van der Waals surface area contributed by atoms with Gasteiger partial charge in [0.25, 0.3) is 0 Å². The summed E-state index contributed by atoms with van der Waals surface area (Å²) in [6.07, 6.45) is 2.97. The van der Waals surface area contributed by atoms with E-state index in [1.807, 2.05) is 6.92 Å². The van der Waals surface area contributed by atoms with E-state index in [4.69, 9.17) is 18.9 Å². The van der Waals surface area contributed by atoms with E-state index < -0.39 is 36.5 Å². The third-order valence-corrected chi connectivity index (χ3v) is 15.7. The van der Waals surface area contributed by atoms with Crippen LogP contribution in [-0.4, -0.2) is 81.8 Å². The van der Waals surface area contributed by atoms with Crippen molar-refractivity contribution in [2.45, 2.75) is 148 Å². The molecule has 242 valence electrons. The Kier molecular flexibility index (Phi) is 6.14. The first-order chi connectivity index (χ1) is 20.1. The van der Waals surface area contributed by atoms with Gasteiger partial charge in [-0.25, -0.2) is 0 Å². The first-order valence-corrected chi connectivity index (χ1v) is 17.1. The van der Waals surface area contributed by atoms with Gasteiger partial charge in [0.1, 0.15) is 30.5 Å². The summed E-state index contributed by atoms with van der Waals surface area (Å²) in [5.74, 6) is 0.477. The van der Waals surface area contributed by atoms with Crippen molar-refractivity contribution in [3.8, 4) is 0 Å². The molecule has 0 aromatic rings. The van der Waals surface area contributed by atoms with Gasteiger partial charge in [-0.1, -0.05) is 41.2 Å². The number of rotatable bonds is 3. The van der Waals surface area contributed by atoms with Crippen molar-refractivity contribution in [1.29, 1.82) is 0 Å². The van der Waals surface area contributed by atoms with E-state index in [2.05, 4.69) is 41.2 Å². The summed E-state index contributed by atoms with van der Waals surface area (Å²) in [6.45, 7) is 18.1. The summed E-state index contributed by atoms with van der Waals surface area (Å²) >= 11 is 0. The van der Waals surface area contributed by atoms with E-state index in [9.17, 15) is 20.4 Å². The molecule has 3 saturated heterocycles. The molecule has 2 bridgehead atoms. The molecule has 17 atom stereocenters. The number of hydrogen-bond donors (Lipinski definition) is 4. The first-order valence-electron chi connectivity index (χ1n) is 17.1. The molecule has 43 heavy (non-hydrogen) atoms. The van der Waals surface area contributed by atoms with Crippen molar-refractivity contribution in [1.82, 2.24) is 0 Å². The van der Waals surface area contributed by atoms with E-state index in [0.29, 0.717) is 17.8 Å². The molecule has 5 aliphatic carbocycles. The van der Waals surface area contributed by atoms with Crippen molar-refractivity contribution in [3.05, 3.63) is 12.2 Å². The molecule has 8 heteroatoms. The minimum Gasteiger partial charge on any atom is -0.388 e. The third kappa shape index (κ3) is 3.26. The van der Waals surface area contributed by atoms with Crippen LogP contribution < -0.4 is 0 Å². The Hall–Kier alpha value is -0.580. The quantitative estimate of drug-likeness (QED) is 0.284. The maximum Gasteiger partial charge on any atom is 0.199 e. The van der Waals surface area contributed by atoms with Gasteiger partial charge in [-0.3, -0.25) is 0 Å². The summed E-state index contributed by atoms with van der Waals surface area (Å²) in [5, 5.41) is 43.4. The molecule has 8 aliphatic rings. The maximum absolute atomic E-state index is 12.6. The van der Waals surface area contributed by atoms with Gasteiger partial charge in [0.15, 0.2) is 12.1 Å².